The predicted octanol–water partition coefficient (Wildman–Crippen LogP) is 2.67. The standard InChI is InChI=1S/C15H23NO3/c1-4-17-15(18-5-2)10-16-12(3)11-19-14-9-7-6-8-13(14)16/h6-9,12,15H,4-5,10-11H2,1-3H3. The Morgan fingerprint density at radius 1 is 1.26 bits per heavy atom. The van der Waals surface area contributed by atoms with Crippen molar-refractivity contribution in [2.24, 2.45) is 0 Å². The average Bonchev–Trinajstić information content (AvgIpc) is 2.42. The van der Waals surface area contributed by atoms with Crippen molar-refractivity contribution in [1.82, 2.24) is 0 Å². The molecule has 4 heteroatoms. The minimum Gasteiger partial charge on any atom is -0.489 e. The molecule has 0 N–H and O–H groups in total. The van der Waals surface area contributed by atoms with Crippen LogP contribution in [0.15, 0.2) is 24.3 Å². The smallest absolute Gasteiger partial charge is 0.174 e. The molecule has 0 fully saturated rings. The van der Waals surface area contributed by atoms with Crippen LogP contribution in [0.3, 0.4) is 0 Å². The van der Waals surface area contributed by atoms with E-state index in [0.717, 1.165) is 18.0 Å². The molecule has 1 atom stereocenters. The molecule has 0 aromatic heterocycles. The van der Waals surface area contributed by atoms with Crippen molar-refractivity contribution in [1.29, 1.82) is 0 Å². The van der Waals surface area contributed by atoms with E-state index in [-0.39, 0.29) is 6.29 Å². The van der Waals surface area contributed by atoms with Crippen LogP contribution >= 0.6 is 0 Å². The van der Waals surface area contributed by atoms with Crippen LogP contribution in [0.25, 0.3) is 0 Å². The third-order valence-electron chi connectivity index (χ3n) is 3.24. The van der Waals surface area contributed by atoms with Crippen molar-refractivity contribution in [2.45, 2.75) is 33.1 Å². The van der Waals surface area contributed by atoms with Crippen LogP contribution in [0.2, 0.25) is 0 Å². The molecule has 1 unspecified atom stereocenters. The highest BCUT2D eigenvalue weighted by Gasteiger charge is 2.26. The van der Waals surface area contributed by atoms with Gasteiger partial charge in [0.05, 0.1) is 18.3 Å². The lowest BCUT2D eigenvalue weighted by Gasteiger charge is -2.38. The van der Waals surface area contributed by atoms with E-state index < -0.39 is 0 Å². The summed E-state index contributed by atoms with van der Waals surface area (Å²) in [4.78, 5) is 2.30. The molecule has 0 spiro atoms. The third kappa shape index (κ3) is 3.39. The van der Waals surface area contributed by atoms with Crippen LogP contribution in [0.1, 0.15) is 20.8 Å². The molecule has 1 aliphatic heterocycles. The molecule has 1 aliphatic rings. The third-order valence-corrected chi connectivity index (χ3v) is 3.24. The molecule has 0 amide bonds. The van der Waals surface area contributed by atoms with E-state index in [0.29, 0.717) is 25.9 Å². The Labute approximate surface area is 115 Å². The van der Waals surface area contributed by atoms with Gasteiger partial charge in [-0.05, 0) is 32.9 Å². The van der Waals surface area contributed by atoms with Gasteiger partial charge in [0.15, 0.2) is 6.29 Å². The second-order valence-electron chi connectivity index (χ2n) is 4.62. The fraction of sp³-hybridized carbons (Fsp3) is 0.600. The average molecular weight is 265 g/mol. The molecule has 19 heavy (non-hydrogen) atoms. The monoisotopic (exact) mass is 265 g/mol. The zero-order valence-electron chi connectivity index (χ0n) is 12.0. The summed E-state index contributed by atoms with van der Waals surface area (Å²) in [6.45, 7) is 8.87. The molecule has 1 aromatic carbocycles. The number of hydrogen-bond donors (Lipinski definition) is 0. The summed E-state index contributed by atoms with van der Waals surface area (Å²) in [5.41, 5.74) is 1.12. The molecule has 2 rings (SSSR count). The number of nitrogens with zero attached hydrogens (tertiary/aromatic N) is 1. The first-order chi connectivity index (χ1) is 9.26. The molecule has 0 radical (unpaired) electrons. The molecule has 0 aliphatic carbocycles. The van der Waals surface area contributed by atoms with E-state index in [1.165, 1.54) is 0 Å². The topological polar surface area (TPSA) is 30.9 Å². The number of rotatable bonds is 6. The molecular formula is C15H23NO3. The van der Waals surface area contributed by atoms with Gasteiger partial charge >= 0.3 is 0 Å². The first kappa shape index (κ1) is 14.2. The summed E-state index contributed by atoms with van der Waals surface area (Å²) >= 11 is 0. The Hall–Kier alpha value is -1.26. The number of ether oxygens (including phenoxy) is 3. The maximum absolute atomic E-state index is 5.74. The van der Waals surface area contributed by atoms with E-state index in [1.54, 1.807) is 0 Å². The van der Waals surface area contributed by atoms with Crippen molar-refractivity contribution in [3.8, 4) is 5.75 Å². The molecule has 4 nitrogen and oxygen atoms in total. The number of para-hydroxylation sites is 2. The van der Waals surface area contributed by atoms with Crippen molar-refractivity contribution in [3.05, 3.63) is 24.3 Å². The zero-order valence-corrected chi connectivity index (χ0v) is 12.0. The number of benzene rings is 1. The van der Waals surface area contributed by atoms with Crippen molar-refractivity contribution >= 4 is 5.69 Å². The van der Waals surface area contributed by atoms with Crippen LogP contribution < -0.4 is 9.64 Å². The SMILES string of the molecule is CCOC(CN1c2ccccc2OCC1C)OCC. The maximum Gasteiger partial charge on any atom is 0.174 e. The predicted molar refractivity (Wildman–Crippen MR) is 75.8 cm³/mol. The summed E-state index contributed by atoms with van der Waals surface area (Å²) in [7, 11) is 0. The Balaban J connectivity index is 2.13. The Morgan fingerprint density at radius 3 is 2.63 bits per heavy atom. The van der Waals surface area contributed by atoms with E-state index in [1.807, 2.05) is 32.0 Å². The fourth-order valence-electron chi connectivity index (χ4n) is 2.32. The lowest BCUT2D eigenvalue weighted by molar-refractivity contribution is -0.130. The Kier molecular flexibility index (Phi) is 5.05. The number of hydrogen-bond acceptors (Lipinski definition) is 4. The molecule has 0 bridgehead atoms. The van der Waals surface area contributed by atoms with Gasteiger partial charge in [0, 0.05) is 13.2 Å². The number of anilines is 1. The minimum atomic E-state index is -0.191. The molecule has 1 heterocycles. The van der Waals surface area contributed by atoms with Crippen LogP contribution in [0, 0.1) is 0 Å². The summed E-state index contributed by atoms with van der Waals surface area (Å²) in [6, 6.07) is 8.43. The normalized spacial score (nSPS) is 18.3. The Morgan fingerprint density at radius 2 is 1.95 bits per heavy atom. The van der Waals surface area contributed by atoms with Gasteiger partial charge in [-0.3, -0.25) is 0 Å². The quantitative estimate of drug-likeness (QED) is 0.740. The van der Waals surface area contributed by atoms with E-state index in [9.17, 15) is 0 Å². The van der Waals surface area contributed by atoms with Crippen LogP contribution in [0.4, 0.5) is 5.69 Å². The summed E-state index contributed by atoms with van der Waals surface area (Å²) in [6.07, 6.45) is -0.191. The lowest BCUT2D eigenvalue weighted by Crippen LogP contribution is -2.46. The van der Waals surface area contributed by atoms with Crippen LogP contribution in [-0.2, 0) is 9.47 Å². The molecule has 1 aromatic rings. The first-order valence-corrected chi connectivity index (χ1v) is 6.97. The van der Waals surface area contributed by atoms with Crippen molar-refractivity contribution in [3.63, 3.8) is 0 Å². The van der Waals surface area contributed by atoms with Gasteiger partial charge in [-0.1, -0.05) is 12.1 Å². The van der Waals surface area contributed by atoms with Gasteiger partial charge in [-0.25, -0.2) is 0 Å². The van der Waals surface area contributed by atoms with E-state index in [4.69, 9.17) is 14.2 Å². The van der Waals surface area contributed by atoms with Crippen LogP contribution in [-0.4, -0.2) is 38.7 Å². The lowest BCUT2D eigenvalue weighted by atomic mass is 10.1. The largest absolute Gasteiger partial charge is 0.489 e. The maximum atomic E-state index is 5.74. The van der Waals surface area contributed by atoms with E-state index in [2.05, 4.69) is 17.9 Å². The summed E-state index contributed by atoms with van der Waals surface area (Å²) < 4.78 is 17.0. The van der Waals surface area contributed by atoms with E-state index >= 15 is 0 Å². The highest BCUT2D eigenvalue weighted by atomic mass is 16.7. The molecule has 0 saturated carbocycles. The minimum absolute atomic E-state index is 0.191. The zero-order chi connectivity index (χ0) is 13.7. The Bertz CT molecular complexity index is 391. The van der Waals surface area contributed by atoms with Gasteiger partial charge < -0.3 is 19.1 Å². The van der Waals surface area contributed by atoms with Crippen molar-refractivity contribution < 1.29 is 14.2 Å². The molecule has 0 saturated heterocycles. The van der Waals surface area contributed by atoms with Gasteiger partial charge in [-0.2, -0.15) is 0 Å². The van der Waals surface area contributed by atoms with Crippen LogP contribution in [0.5, 0.6) is 5.75 Å². The molecule has 106 valence electrons. The van der Waals surface area contributed by atoms with Gasteiger partial charge in [0.1, 0.15) is 12.4 Å². The van der Waals surface area contributed by atoms with Gasteiger partial charge in [-0.15, -0.1) is 0 Å². The number of fused-ring (bicyclic) bond motifs is 1. The fourth-order valence-corrected chi connectivity index (χ4v) is 2.32. The second kappa shape index (κ2) is 6.78. The summed E-state index contributed by atoms with van der Waals surface area (Å²) in [5.74, 6) is 0.937. The molecular weight excluding hydrogens is 242 g/mol. The van der Waals surface area contributed by atoms with Crippen molar-refractivity contribution in [2.75, 3.05) is 31.3 Å². The van der Waals surface area contributed by atoms with Gasteiger partial charge in [0.25, 0.3) is 0 Å². The van der Waals surface area contributed by atoms with Gasteiger partial charge in [0.2, 0.25) is 0 Å². The summed E-state index contributed by atoms with van der Waals surface area (Å²) in [5, 5.41) is 0. The highest BCUT2D eigenvalue weighted by molar-refractivity contribution is 5.60. The first-order valence-electron chi connectivity index (χ1n) is 6.97. The second-order valence-corrected chi connectivity index (χ2v) is 4.62. The highest BCUT2D eigenvalue weighted by Crippen LogP contribution is 2.33.